The molecule has 9 nitrogen and oxygen atoms in total. The molecule has 0 atom stereocenters. The van der Waals surface area contributed by atoms with Crippen LogP contribution in [0.3, 0.4) is 0 Å². The van der Waals surface area contributed by atoms with Crippen molar-refractivity contribution in [1.82, 2.24) is 9.97 Å². The third-order valence-corrected chi connectivity index (χ3v) is 7.12. The first-order chi connectivity index (χ1) is 17.7. The van der Waals surface area contributed by atoms with Crippen LogP contribution in [0.2, 0.25) is 0 Å². The van der Waals surface area contributed by atoms with E-state index in [0.717, 1.165) is 22.7 Å². The van der Waals surface area contributed by atoms with Gasteiger partial charge in [0.15, 0.2) is 0 Å². The summed E-state index contributed by atoms with van der Waals surface area (Å²) in [4.78, 5) is 9.15. The Hall–Kier alpha value is -4.31. The van der Waals surface area contributed by atoms with E-state index in [-0.39, 0.29) is 4.90 Å². The molecule has 1 aromatic heterocycles. The van der Waals surface area contributed by atoms with Crippen molar-refractivity contribution in [2.45, 2.75) is 25.7 Å². The minimum Gasteiger partial charge on any atom is -0.497 e. The van der Waals surface area contributed by atoms with Gasteiger partial charge in [-0.05, 0) is 80.4 Å². The highest BCUT2D eigenvalue weighted by molar-refractivity contribution is 7.92. The first kappa shape index (κ1) is 25.8. The normalized spacial score (nSPS) is 11.1. The molecule has 0 unspecified atom stereocenters. The van der Waals surface area contributed by atoms with E-state index in [0.29, 0.717) is 34.5 Å². The summed E-state index contributed by atoms with van der Waals surface area (Å²) in [6.07, 6.45) is 0. The molecule has 0 radical (unpaired) electrons. The average molecular weight is 520 g/mol. The van der Waals surface area contributed by atoms with Crippen LogP contribution in [-0.2, 0) is 10.0 Å². The quantitative estimate of drug-likeness (QED) is 0.258. The van der Waals surface area contributed by atoms with Crippen LogP contribution in [0.5, 0.6) is 11.5 Å². The number of nitrogens with one attached hydrogen (secondary N) is 3. The van der Waals surface area contributed by atoms with E-state index >= 15 is 0 Å². The summed E-state index contributed by atoms with van der Waals surface area (Å²) in [6, 6.07) is 19.6. The van der Waals surface area contributed by atoms with Crippen molar-refractivity contribution >= 4 is 38.9 Å². The van der Waals surface area contributed by atoms with Crippen molar-refractivity contribution in [3.63, 3.8) is 0 Å². The lowest BCUT2D eigenvalue weighted by Gasteiger charge is -2.14. The zero-order valence-corrected chi connectivity index (χ0v) is 22.1. The molecular formula is C27H29N5O4S. The maximum Gasteiger partial charge on any atom is 0.262 e. The minimum atomic E-state index is -3.80. The fourth-order valence-electron chi connectivity index (χ4n) is 3.79. The number of aromatic nitrogens is 2. The Morgan fingerprint density at radius 3 is 1.97 bits per heavy atom. The highest BCUT2D eigenvalue weighted by Gasteiger charge is 2.19. The Bertz CT molecular complexity index is 1510. The van der Waals surface area contributed by atoms with Gasteiger partial charge >= 0.3 is 0 Å². The zero-order chi connectivity index (χ0) is 26.6. The van der Waals surface area contributed by atoms with Crippen molar-refractivity contribution in [3.8, 4) is 11.5 Å². The molecular weight excluding hydrogens is 490 g/mol. The molecule has 0 aliphatic carbocycles. The van der Waals surface area contributed by atoms with Gasteiger partial charge in [0.2, 0.25) is 5.95 Å². The van der Waals surface area contributed by atoms with Crippen LogP contribution in [0.15, 0.2) is 71.6 Å². The van der Waals surface area contributed by atoms with Crippen molar-refractivity contribution in [2.75, 3.05) is 29.6 Å². The van der Waals surface area contributed by atoms with Gasteiger partial charge in [-0.1, -0.05) is 6.07 Å². The molecule has 3 N–H and O–H groups in total. The molecule has 10 heteroatoms. The van der Waals surface area contributed by atoms with E-state index < -0.39 is 10.0 Å². The summed E-state index contributed by atoms with van der Waals surface area (Å²) in [5.74, 6) is 2.33. The first-order valence-electron chi connectivity index (χ1n) is 11.5. The standard InChI is InChI=1S/C27H29N5O4S/c1-17-14-18(2)25(16-24(17)36-5)37(33,34)32-22-8-6-21(7-9-22)30-27-28-19(3)15-26(31-27)29-20-10-12-23(35-4)13-11-20/h6-16,32H,1-5H3,(H2,28,29,30,31). The monoisotopic (exact) mass is 519 g/mol. The molecule has 4 aromatic rings. The molecule has 0 fully saturated rings. The number of methoxy groups -OCH3 is 2. The topological polar surface area (TPSA) is 114 Å². The summed E-state index contributed by atoms with van der Waals surface area (Å²) in [5.41, 5.74) is 4.29. The van der Waals surface area contributed by atoms with Crippen molar-refractivity contribution in [2.24, 2.45) is 0 Å². The van der Waals surface area contributed by atoms with E-state index in [4.69, 9.17) is 9.47 Å². The lowest BCUT2D eigenvalue weighted by Crippen LogP contribution is -2.14. The third-order valence-electron chi connectivity index (χ3n) is 5.59. The summed E-state index contributed by atoms with van der Waals surface area (Å²) in [5, 5.41) is 6.42. The fraction of sp³-hybridized carbons (Fsp3) is 0.185. The molecule has 0 spiro atoms. The van der Waals surface area contributed by atoms with Crippen LogP contribution in [0.4, 0.5) is 28.8 Å². The van der Waals surface area contributed by atoms with E-state index in [2.05, 4.69) is 25.3 Å². The smallest absolute Gasteiger partial charge is 0.262 e. The number of hydrogen-bond acceptors (Lipinski definition) is 8. The maximum atomic E-state index is 13.0. The minimum absolute atomic E-state index is 0.169. The Kier molecular flexibility index (Phi) is 7.49. The van der Waals surface area contributed by atoms with Gasteiger partial charge in [-0.25, -0.2) is 13.4 Å². The van der Waals surface area contributed by atoms with E-state index in [9.17, 15) is 8.42 Å². The Morgan fingerprint density at radius 2 is 1.32 bits per heavy atom. The molecule has 192 valence electrons. The number of sulfonamides is 1. The highest BCUT2D eigenvalue weighted by Crippen LogP contribution is 2.28. The van der Waals surface area contributed by atoms with Crippen LogP contribution < -0.4 is 24.8 Å². The van der Waals surface area contributed by atoms with Crippen LogP contribution in [0.25, 0.3) is 0 Å². The first-order valence-corrected chi connectivity index (χ1v) is 13.0. The number of benzene rings is 3. The van der Waals surface area contributed by atoms with Gasteiger partial charge in [0.1, 0.15) is 17.3 Å². The number of anilines is 5. The van der Waals surface area contributed by atoms with Gasteiger partial charge < -0.3 is 20.1 Å². The molecule has 0 saturated carbocycles. The van der Waals surface area contributed by atoms with E-state index in [1.54, 1.807) is 44.4 Å². The second-order valence-corrected chi connectivity index (χ2v) is 10.1. The highest BCUT2D eigenvalue weighted by atomic mass is 32.2. The van der Waals surface area contributed by atoms with Crippen LogP contribution >= 0.6 is 0 Å². The summed E-state index contributed by atoms with van der Waals surface area (Å²) in [6.45, 7) is 5.51. The van der Waals surface area contributed by atoms with Crippen molar-refractivity contribution in [3.05, 3.63) is 83.6 Å². The van der Waals surface area contributed by atoms with Crippen LogP contribution in [0, 0.1) is 20.8 Å². The Morgan fingerprint density at radius 1 is 0.703 bits per heavy atom. The maximum absolute atomic E-state index is 13.0. The predicted molar refractivity (Wildman–Crippen MR) is 146 cm³/mol. The average Bonchev–Trinajstić information content (AvgIpc) is 2.85. The largest absolute Gasteiger partial charge is 0.497 e. The predicted octanol–water partition coefficient (Wildman–Crippen LogP) is 5.71. The number of ether oxygens (including phenoxy) is 2. The summed E-state index contributed by atoms with van der Waals surface area (Å²) < 4.78 is 39.2. The van der Waals surface area contributed by atoms with Gasteiger partial charge in [0, 0.05) is 34.9 Å². The van der Waals surface area contributed by atoms with E-state index in [1.165, 1.54) is 13.2 Å². The fourth-order valence-corrected chi connectivity index (χ4v) is 5.10. The zero-order valence-electron chi connectivity index (χ0n) is 21.3. The Labute approximate surface area is 217 Å². The van der Waals surface area contributed by atoms with Gasteiger partial charge in [-0.2, -0.15) is 4.98 Å². The molecule has 1 heterocycles. The number of aryl methyl sites for hydroxylation is 3. The van der Waals surface area contributed by atoms with Crippen molar-refractivity contribution < 1.29 is 17.9 Å². The van der Waals surface area contributed by atoms with Crippen LogP contribution in [-0.4, -0.2) is 32.6 Å². The van der Waals surface area contributed by atoms with Gasteiger partial charge in [-0.3, -0.25) is 4.72 Å². The summed E-state index contributed by atoms with van der Waals surface area (Å²) >= 11 is 0. The van der Waals surface area contributed by atoms with Gasteiger partial charge in [0.05, 0.1) is 19.1 Å². The molecule has 0 aliphatic rings. The van der Waals surface area contributed by atoms with E-state index in [1.807, 2.05) is 44.2 Å². The molecule has 0 saturated heterocycles. The number of nitrogens with zero attached hydrogens (tertiary/aromatic N) is 2. The molecule has 0 bridgehead atoms. The number of rotatable bonds is 9. The van der Waals surface area contributed by atoms with Gasteiger partial charge in [0.25, 0.3) is 10.0 Å². The lowest BCUT2D eigenvalue weighted by molar-refractivity contribution is 0.410. The molecule has 37 heavy (non-hydrogen) atoms. The van der Waals surface area contributed by atoms with Gasteiger partial charge in [-0.15, -0.1) is 0 Å². The summed E-state index contributed by atoms with van der Waals surface area (Å²) in [7, 11) is -0.662. The second-order valence-electron chi connectivity index (χ2n) is 8.47. The lowest BCUT2D eigenvalue weighted by atomic mass is 10.1. The second kappa shape index (κ2) is 10.8. The SMILES string of the molecule is COc1ccc(Nc2cc(C)nc(Nc3ccc(NS(=O)(=O)c4cc(OC)c(C)cc4C)cc3)n2)cc1. The molecule has 0 aliphatic heterocycles. The molecule has 3 aromatic carbocycles. The Balaban J connectivity index is 1.47. The van der Waals surface area contributed by atoms with Crippen LogP contribution in [0.1, 0.15) is 16.8 Å². The number of hydrogen-bond donors (Lipinski definition) is 3. The third kappa shape index (κ3) is 6.28. The molecule has 4 rings (SSSR count). The van der Waals surface area contributed by atoms with Crippen molar-refractivity contribution in [1.29, 1.82) is 0 Å². The molecule has 0 amide bonds.